The van der Waals surface area contributed by atoms with Gasteiger partial charge in [-0.15, -0.1) is 11.8 Å². The number of nitrogens with zero attached hydrogens (tertiary/aromatic N) is 1. The molecule has 3 N–H and O–H groups in total. The highest BCUT2D eigenvalue weighted by Gasteiger charge is 2.22. The Morgan fingerprint density at radius 2 is 1.73 bits per heavy atom. The maximum Gasteiger partial charge on any atom is 0.257 e. The first-order valence-corrected chi connectivity index (χ1v) is 10.5. The van der Waals surface area contributed by atoms with Crippen molar-refractivity contribution in [2.75, 3.05) is 36.2 Å². The molecule has 30 heavy (non-hydrogen) atoms. The molecule has 0 radical (unpaired) electrons. The minimum absolute atomic E-state index is 0.00907. The molecule has 3 rings (SSSR count). The summed E-state index contributed by atoms with van der Waals surface area (Å²) in [6, 6.07) is 14.9. The minimum atomic E-state index is -0.423. The highest BCUT2D eigenvalue weighted by Crippen LogP contribution is 2.34. The molecule has 2 aromatic rings. The van der Waals surface area contributed by atoms with Crippen molar-refractivity contribution in [3.05, 3.63) is 48.5 Å². The lowest BCUT2D eigenvalue weighted by atomic mass is 10.2. The van der Waals surface area contributed by atoms with Gasteiger partial charge < -0.3 is 15.0 Å². The summed E-state index contributed by atoms with van der Waals surface area (Å²) in [4.78, 5) is 39.3. The van der Waals surface area contributed by atoms with E-state index in [1.54, 1.807) is 35.9 Å². The molecule has 158 valence electrons. The van der Waals surface area contributed by atoms with Gasteiger partial charge in [-0.1, -0.05) is 24.3 Å². The second-order valence-electron chi connectivity index (χ2n) is 6.51. The van der Waals surface area contributed by atoms with Gasteiger partial charge in [-0.2, -0.15) is 0 Å². The van der Waals surface area contributed by atoms with E-state index in [4.69, 9.17) is 4.74 Å². The molecular weight excluding hydrogens is 404 g/mol. The van der Waals surface area contributed by atoms with Crippen LogP contribution >= 0.6 is 11.8 Å². The summed E-state index contributed by atoms with van der Waals surface area (Å²) < 4.78 is 5.20. The summed E-state index contributed by atoms with van der Waals surface area (Å²) in [6.07, 6.45) is 0.0605. The zero-order valence-corrected chi connectivity index (χ0v) is 17.5. The molecule has 0 spiro atoms. The number of rotatable bonds is 7. The van der Waals surface area contributed by atoms with Crippen LogP contribution in [-0.4, -0.2) is 43.7 Å². The molecule has 3 amide bonds. The zero-order valence-electron chi connectivity index (χ0n) is 16.6. The zero-order chi connectivity index (χ0) is 21.3. The van der Waals surface area contributed by atoms with Gasteiger partial charge in [0.05, 0.1) is 25.0 Å². The molecule has 1 heterocycles. The fraction of sp³-hybridized carbons (Fsp3) is 0.286. The largest absolute Gasteiger partial charge is 0.495 e. The highest BCUT2D eigenvalue weighted by atomic mass is 32.2. The van der Waals surface area contributed by atoms with E-state index in [2.05, 4.69) is 16.2 Å². The number of benzene rings is 2. The molecule has 0 bridgehead atoms. The predicted molar refractivity (Wildman–Crippen MR) is 117 cm³/mol. The summed E-state index contributed by atoms with van der Waals surface area (Å²) in [5, 5.41) is 2.94. The molecule has 1 aliphatic rings. The predicted octanol–water partition coefficient (Wildman–Crippen LogP) is 2.17. The lowest BCUT2D eigenvalue weighted by molar-refractivity contribution is -0.129. The van der Waals surface area contributed by atoms with E-state index in [0.29, 0.717) is 18.0 Å². The average Bonchev–Trinajstić information content (AvgIpc) is 2.79. The number of para-hydroxylation sites is 3. The number of fused-ring (bicyclic) bond motifs is 1. The second kappa shape index (κ2) is 10.5. The molecule has 1 aliphatic heterocycles. The Hall–Kier alpha value is -3.20. The minimum Gasteiger partial charge on any atom is -0.495 e. The number of carbonyl (C=O) groups excluding carboxylic acids is 3. The van der Waals surface area contributed by atoms with Crippen LogP contribution < -0.4 is 25.8 Å². The fourth-order valence-electron chi connectivity index (χ4n) is 3.00. The lowest BCUT2D eigenvalue weighted by Gasteiger charge is -2.29. The first kappa shape index (κ1) is 21.5. The van der Waals surface area contributed by atoms with Crippen LogP contribution in [0.2, 0.25) is 0 Å². The van der Waals surface area contributed by atoms with Gasteiger partial charge in [0, 0.05) is 30.0 Å². The molecule has 8 nitrogen and oxygen atoms in total. The molecule has 9 heteroatoms. The Morgan fingerprint density at radius 3 is 2.57 bits per heavy atom. The van der Waals surface area contributed by atoms with Gasteiger partial charge in [0.1, 0.15) is 5.75 Å². The van der Waals surface area contributed by atoms with Crippen molar-refractivity contribution >= 4 is 40.9 Å². The Labute approximate surface area is 179 Å². The molecular formula is C21H24N4O4S. The van der Waals surface area contributed by atoms with Crippen LogP contribution in [-0.2, 0) is 14.4 Å². The number of thioether (sulfide) groups is 1. The lowest BCUT2D eigenvalue weighted by Crippen LogP contribution is -2.44. The summed E-state index contributed by atoms with van der Waals surface area (Å²) in [5.41, 5.74) is 6.24. The maximum absolute atomic E-state index is 12.6. The first-order valence-electron chi connectivity index (χ1n) is 9.55. The van der Waals surface area contributed by atoms with Crippen molar-refractivity contribution in [1.82, 2.24) is 10.9 Å². The van der Waals surface area contributed by atoms with Gasteiger partial charge in [0.2, 0.25) is 11.8 Å². The van der Waals surface area contributed by atoms with E-state index >= 15 is 0 Å². The Balaban J connectivity index is 1.40. The van der Waals surface area contributed by atoms with Gasteiger partial charge >= 0.3 is 0 Å². The van der Waals surface area contributed by atoms with Crippen molar-refractivity contribution in [3.8, 4) is 5.75 Å². The average molecular weight is 429 g/mol. The normalized spacial score (nSPS) is 12.5. The number of hydrogen-bond acceptors (Lipinski definition) is 6. The number of hydrazine groups is 1. The van der Waals surface area contributed by atoms with Crippen molar-refractivity contribution in [2.24, 2.45) is 0 Å². The van der Waals surface area contributed by atoms with Gasteiger partial charge in [0.25, 0.3) is 5.91 Å². The third-order valence-electron chi connectivity index (χ3n) is 4.48. The Morgan fingerprint density at radius 1 is 1.00 bits per heavy atom. The first-order chi connectivity index (χ1) is 14.6. The van der Waals surface area contributed by atoms with E-state index in [-0.39, 0.29) is 25.3 Å². The van der Waals surface area contributed by atoms with E-state index in [1.165, 1.54) is 0 Å². The monoisotopic (exact) mass is 428 g/mol. The smallest absolute Gasteiger partial charge is 0.257 e. The number of methoxy groups -OCH3 is 1. The van der Waals surface area contributed by atoms with Gasteiger partial charge in [-0.05, 0) is 24.3 Å². The molecule has 0 aliphatic carbocycles. The van der Waals surface area contributed by atoms with E-state index < -0.39 is 11.8 Å². The summed E-state index contributed by atoms with van der Waals surface area (Å²) in [7, 11) is 1.55. The molecule has 0 unspecified atom stereocenters. The van der Waals surface area contributed by atoms with Crippen LogP contribution in [0.4, 0.5) is 11.4 Å². The van der Waals surface area contributed by atoms with Crippen molar-refractivity contribution < 1.29 is 19.1 Å². The van der Waals surface area contributed by atoms with Crippen LogP contribution in [0.1, 0.15) is 12.8 Å². The third kappa shape index (κ3) is 5.66. The van der Waals surface area contributed by atoms with Crippen LogP contribution in [0.3, 0.4) is 0 Å². The van der Waals surface area contributed by atoms with Crippen molar-refractivity contribution in [1.29, 1.82) is 0 Å². The van der Waals surface area contributed by atoms with Gasteiger partial charge in [-0.3, -0.25) is 25.2 Å². The van der Waals surface area contributed by atoms with Crippen LogP contribution in [0.25, 0.3) is 0 Å². The topological polar surface area (TPSA) is 99.8 Å². The van der Waals surface area contributed by atoms with Crippen LogP contribution in [0, 0.1) is 0 Å². The third-order valence-corrected chi connectivity index (χ3v) is 5.53. The number of anilines is 2. The van der Waals surface area contributed by atoms with Gasteiger partial charge in [-0.25, -0.2) is 0 Å². The SMILES string of the molecule is COc1ccccc1NCC(=O)NNC(=O)CCC(=O)N1CCSc2ccccc21. The summed E-state index contributed by atoms with van der Waals surface area (Å²) in [6.45, 7) is 0.579. The van der Waals surface area contributed by atoms with Crippen molar-refractivity contribution in [2.45, 2.75) is 17.7 Å². The van der Waals surface area contributed by atoms with E-state index in [0.717, 1.165) is 16.3 Å². The number of amides is 3. The number of nitrogens with one attached hydrogen (secondary N) is 3. The molecule has 0 saturated carbocycles. The van der Waals surface area contributed by atoms with Crippen LogP contribution in [0.15, 0.2) is 53.4 Å². The molecule has 0 aromatic heterocycles. The highest BCUT2D eigenvalue weighted by molar-refractivity contribution is 7.99. The molecule has 0 atom stereocenters. The van der Waals surface area contributed by atoms with Crippen molar-refractivity contribution in [3.63, 3.8) is 0 Å². The summed E-state index contributed by atoms with van der Waals surface area (Å²) in [5.74, 6) is 0.494. The molecule has 0 fully saturated rings. The number of ether oxygens (including phenoxy) is 1. The number of hydrogen-bond donors (Lipinski definition) is 3. The standard InChI is InChI=1S/C21H24N4O4S/c1-29-17-8-4-2-6-15(17)22-14-20(27)24-23-19(26)10-11-21(28)25-12-13-30-18-9-5-3-7-16(18)25/h2-9,22H,10-14H2,1H3,(H,23,26)(H,24,27). The van der Waals surface area contributed by atoms with E-state index in [9.17, 15) is 14.4 Å². The van der Waals surface area contributed by atoms with E-state index in [1.807, 2.05) is 36.4 Å². The molecule has 0 saturated heterocycles. The van der Waals surface area contributed by atoms with Crippen LogP contribution in [0.5, 0.6) is 5.75 Å². The maximum atomic E-state index is 12.6. The number of carbonyl (C=O) groups is 3. The molecule has 2 aromatic carbocycles. The Kier molecular flexibility index (Phi) is 7.56. The quantitative estimate of drug-likeness (QED) is 0.585. The van der Waals surface area contributed by atoms with Gasteiger partial charge in [0.15, 0.2) is 0 Å². The fourth-order valence-corrected chi connectivity index (χ4v) is 3.99. The second-order valence-corrected chi connectivity index (χ2v) is 7.65. The Bertz CT molecular complexity index is 921. The summed E-state index contributed by atoms with van der Waals surface area (Å²) >= 11 is 1.72.